The number of benzene rings is 3. The molecular formula is C31H29F2N3O2. The molecule has 1 aliphatic carbocycles. The topological polar surface area (TPSA) is 65.2 Å². The van der Waals surface area contributed by atoms with Crippen LogP contribution in [0.15, 0.2) is 91.0 Å². The first-order valence-corrected chi connectivity index (χ1v) is 12.9. The number of H-pyrrole nitrogens is 1. The smallest absolute Gasteiger partial charge is 0.275 e. The lowest BCUT2D eigenvalue weighted by atomic mass is 9.94. The quantitative estimate of drug-likeness (QED) is 0.286. The highest BCUT2D eigenvalue weighted by Gasteiger charge is 2.36. The van der Waals surface area contributed by atoms with E-state index in [9.17, 15) is 14.0 Å². The Morgan fingerprint density at radius 3 is 2.21 bits per heavy atom. The molecule has 0 radical (unpaired) electrons. The van der Waals surface area contributed by atoms with E-state index in [0.717, 1.165) is 37.7 Å². The van der Waals surface area contributed by atoms with E-state index in [-0.39, 0.29) is 17.4 Å². The van der Waals surface area contributed by atoms with Gasteiger partial charge >= 0.3 is 0 Å². The Morgan fingerprint density at radius 2 is 1.50 bits per heavy atom. The number of hydrogen-bond acceptors (Lipinski definition) is 2. The minimum absolute atomic E-state index is 0.0352. The maximum Gasteiger partial charge on any atom is 0.275 e. The Hall–Kier alpha value is -4.26. The van der Waals surface area contributed by atoms with E-state index in [0.29, 0.717) is 11.3 Å². The predicted molar refractivity (Wildman–Crippen MR) is 144 cm³/mol. The summed E-state index contributed by atoms with van der Waals surface area (Å²) in [4.78, 5) is 32.2. The summed E-state index contributed by atoms with van der Waals surface area (Å²) in [6.45, 7) is 0. The van der Waals surface area contributed by atoms with Gasteiger partial charge in [-0.3, -0.25) is 14.5 Å². The van der Waals surface area contributed by atoms with Crippen LogP contribution in [0.4, 0.5) is 14.5 Å². The number of para-hydroxylation sites is 1. The van der Waals surface area contributed by atoms with Crippen molar-refractivity contribution in [3.63, 3.8) is 0 Å². The van der Waals surface area contributed by atoms with Gasteiger partial charge in [-0.05, 0) is 60.4 Å². The lowest BCUT2D eigenvalue weighted by Crippen LogP contribution is -2.47. The number of halogens is 2. The van der Waals surface area contributed by atoms with Gasteiger partial charge in [0.25, 0.3) is 5.91 Å². The highest BCUT2D eigenvalue weighted by molar-refractivity contribution is 6.09. The van der Waals surface area contributed by atoms with Gasteiger partial charge in [-0.15, -0.1) is 0 Å². The first-order chi connectivity index (χ1) is 18.5. The summed E-state index contributed by atoms with van der Waals surface area (Å²) in [6.07, 6.45) is 4.81. The molecule has 1 aliphatic rings. The summed E-state index contributed by atoms with van der Waals surface area (Å²) >= 11 is 0. The van der Waals surface area contributed by atoms with Gasteiger partial charge in [0, 0.05) is 11.7 Å². The standard InChI is InChI=1S/C31H29F2N3O2/c32-23-17-15-22(16-18-23)29(30(37)34-24-11-5-2-6-12-24)36(28-14-8-7-13-25(28)33)31(38)27-20-19-26(35-27)21-9-3-1-4-10-21/h1,3-4,7-10,13-20,24,29,35H,2,5-6,11-12H2,(H,34,37). The van der Waals surface area contributed by atoms with E-state index < -0.39 is 29.5 Å². The second-order valence-electron chi connectivity index (χ2n) is 9.58. The third-order valence-corrected chi connectivity index (χ3v) is 6.98. The average Bonchev–Trinajstić information content (AvgIpc) is 3.44. The van der Waals surface area contributed by atoms with Crippen molar-refractivity contribution < 1.29 is 18.4 Å². The molecule has 0 saturated heterocycles. The molecule has 7 heteroatoms. The molecule has 1 saturated carbocycles. The molecule has 2 amide bonds. The zero-order chi connectivity index (χ0) is 26.5. The molecule has 3 aromatic carbocycles. The van der Waals surface area contributed by atoms with Crippen LogP contribution in [0.3, 0.4) is 0 Å². The van der Waals surface area contributed by atoms with Crippen molar-refractivity contribution >= 4 is 17.5 Å². The van der Waals surface area contributed by atoms with Crippen molar-refractivity contribution in [2.24, 2.45) is 0 Å². The number of nitrogens with zero attached hydrogens (tertiary/aromatic N) is 1. The number of amides is 2. The summed E-state index contributed by atoms with van der Waals surface area (Å²) in [5.41, 5.74) is 2.14. The number of aromatic amines is 1. The van der Waals surface area contributed by atoms with Crippen LogP contribution in [-0.4, -0.2) is 22.8 Å². The molecule has 194 valence electrons. The second kappa shape index (κ2) is 11.4. The monoisotopic (exact) mass is 513 g/mol. The second-order valence-corrected chi connectivity index (χ2v) is 9.58. The minimum Gasteiger partial charge on any atom is -0.351 e. The number of carbonyl (C=O) groups is 2. The molecule has 2 N–H and O–H groups in total. The zero-order valence-corrected chi connectivity index (χ0v) is 20.9. The van der Waals surface area contributed by atoms with Crippen LogP contribution in [0.25, 0.3) is 11.3 Å². The normalized spacial score (nSPS) is 14.6. The minimum atomic E-state index is -1.22. The Morgan fingerprint density at radius 1 is 0.816 bits per heavy atom. The van der Waals surface area contributed by atoms with E-state index in [4.69, 9.17) is 0 Å². The Balaban J connectivity index is 1.58. The Labute approximate surface area is 220 Å². The van der Waals surface area contributed by atoms with Gasteiger partial charge in [-0.1, -0.05) is 73.9 Å². The first-order valence-electron chi connectivity index (χ1n) is 12.9. The molecule has 5 rings (SSSR count). The SMILES string of the molecule is O=C(NC1CCCCC1)C(c1ccc(F)cc1)N(C(=O)c1ccc(-c2ccccc2)[nH]1)c1ccccc1F. The molecule has 1 heterocycles. The lowest BCUT2D eigenvalue weighted by molar-refractivity contribution is -0.123. The predicted octanol–water partition coefficient (Wildman–Crippen LogP) is 6.80. The third kappa shape index (κ3) is 5.52. The Bertz CT molecular complexity index is 1400. The van der Waals surface area contributed by atoms with Crippen LogP contribution in [0.5, 0.6) is 0 Å². The molecule has 1 aromatic heterocycles. The molecule has 1 unspecified atom stereocenters. The van der Waals surface area contributed by atoms with Gasteiger partial charge in [0.05, 0.1) is 5.69 Å². The molecule has 1 atom stereocenters. The van der Waals surface area contributed by atoms with E-state index >= 15 is 4.39 Å². The van der Waals surface area contributed by atoms with Gasteiger partial charge in [0.1, 0.15) is 23.4 Å². The summed E-state index contributed by atoms with van der Waals surface area (Å²) in [5.74, 6) is -2.13. The van der Waals surface area contributed by atoms with E-state index in [1.165, 1.54) is 47.4 Å². The largest absolute Gasteiger partial charge is 0.351 e. The summed E-state index contributed by atoms with van der Waals surface area (Å²) in [5, 5.41) is 3.08. The van der Waals surface area contributed by atoms with Crippen molar-refractivity contribution in [3.8, 4) is 11.3 Å². The number of rotatable bonds is 7. The average molecular weight is 514 g/mol. The van der Waals surface area contributed by atoms with Gasteiger partial charge < -0.3 is 10.3 Å². The summed E-state index contributed by atoms with van der Waals surface area (Å²) < 4.78 is 29.1. The Kier molecular flexibility index (Phi) is 7.63. The highest BCUT2D eigenvalue weighted by atomic mass is 19.1. The number of carbonyl (C=O) groups excluding carboxylic acids is 2. The summed E-state index contributed by atoms with van der Waals surface area (Å²) in [6, 6.07) is 22.9. The molecule has 1 fully saturated rings. The molecular weight excluding hydrogens is 484 g/mol. The molecule has 0 spiro atoms. The van der Waals surface area contributed by atoms with Gasteiger partial charge in [0.2, 0.25) is 5.91 Å². The van der Waals surface area contributed by atoms with Gasteiger partial charge in [-0.2, -0.15) is 0 Å². The van der Waals surface area contributed by atoms with Gasteiger partial charge in [-0.25, -0.2) is 8.78 Å². The van der Waals surface area contributed by atoms with Crippen LogP contribution in [0, 0.1) is 11.6 Å². The maximum absolute atomic E-state index is 15.3. The molecule has 38 heavy (non-hydrogen) atoms. The van der Waals surface area contributed by atoms with Crippen LogP contribution in [-0.2, 0) is 4.79 Å². The summed E-state index contributed by atoms with van der Waals surface area (Å²) in [7, 11) is 0. The number of anilines is 1. The molecule has 0 aliphatic heterocycles. The van der Waals surface area contributed by atoms with Crippen LogP contribution in [0.1, 0.15) is 54.2 Å². The van der Waals surface area contributed by atoms with Crippen molar-refractivity contribution in [2.45, 2.75) is 44.2 Å². The number of aromatic nitrogens is 1. The molecule has 4 aromatic rings. The fraction of sp³-hybridized carbons (Fsp3) is 0.226. The zero-order valence-electron chi connectivity index (χ0n) is 20.9. The fourth-order valence-electron chi connectivity index (χ4n) is 5.04. The number of nitrogens with one attached hydrogen (secondary N) is 2. The lowest BCUT2D eigenvalue weighted by Gasteiger charge is -2.33. The van der Waals surface area contributed by atoms with Crippen molar-refractivity contribution in [1.82, 2.24) is 10.3 Å². The molecule has 5 nitrogen and oxygen atoms in total. The van der Waals surface area contributed by atoms with E-state index in [1.807, 2.05) is 30.3 Å². The highest BCUT2D eigenvalue weighted by Crippen LogP contribution is 2.33. The van der Waals surface area contributed by atoms with Crippen molar-refractivity contribution in [2.75, 3.05) is 4.90 Å². The van der Waals surface area contributed by atoms with Gasteiger partial charge in [0.15, 0.2) is 0 Å². The van der Waals surface area contributed by atoms with Crippen molar-refractivity contribution in [3.05, 3.63) is 114 Å². The maximum atomic E-state index is 15.3. The fourth-order valence-corrected chi connectivity index (χ4v) is 5.04. The third-order valence-electron chi connectivity index (χ3n) is 6.98. The van der Waals surface area contributed by atoms with E-state index in [1.54, 1.807) is 18.2 Å². The number of hydrogen-bond donors (Lipinski definition) is 2. The van der Waals surface area contributed by atoms with E-state index in [2.05, 4.69) is 10.3 Å². The van der Waals surface area contributed by atoms with Crippen molar-refractivity contribution in [1.29, 1.82) is 0 Å². The first kappa shape index (κ1) is 25.4. The molecule has 0 bridgehead atoms. The van der Waals surface area contributed by atoms with Crippen LogP contribution in [0.2, 0.25) is 0 Å². The van der Waals surface area contributed by atoms with Crippen LogP contribution >= 0.6 is 0 Å². The van der Waals surface area contributed by atoms with Crippen LogP contribution < -0.4 is 10.2 Å².